The lowest BCUT2D eigenvalue weighted by atomic mass is 9.96. The quantitative estimate of drug-likeness (QED) is 0.270. The zero-order valence-electron chi connectivity index (χ0n) is 33.8. The fourth-order valence-corrected chi connectivity index (χ4v) is 4.37. The Balaban J connectivity index is -0.000000552. The van der Waals surface area contributed by atoms with Gasteiger partial charge in [-0.05, 0) is 129 Å². The van der Waals surface area contributed by atoms with Crippen molar-refractivity contribution in [2.24, 2.45) is 5.92 Å². The van der Waals surface area contributed by atoms with Crippen molar-refractivity contribution in [1.29, 1.82) is 0 Å². The predicted molar refractivity (Wildman–Crippen MR) is 199 cm³/mol. The van der Waals surface area contributed by atoms with E-state index in [1.54, 1.807) is 14.1 Å². The lowest BCUT2D eigenvalue weighted by Gasteiger charge is -2.28. The molecule has 0 aliphatic carbocycles. The van der Waals surface area contributed by atoms with E-state index >= 15 is 0 Å². The molecular formula is C35H74N8O6. The second-order valence-electron chi connectivity index (χ2n) is 14.2. The van der Waals surface area contributed by atoms with Gasteiger partial charge in [0.15, 0.2) is 0 Å². The highest BCUT2D eigenvalue weighted by Gasteiger charge is 2.27. The molecule has 14 heteroatoms. The van der Waals surface area contributed by atoms with Gasteiger partial charge >= 0.3 is 12.1 Å². The highest BCUT2D eigenvalue weighted by molar-refractivity contribution is 5.82. The van der Waals surface area contributed by atoms with Crippen molar-refractivity contribution in [3.63, 3.8) is 0 Å². The average molecular weight is 703 g/mol. The number of likely N-dealkylation sites (tertiary alicyclic amines) is 2. The molecule has 2 rings (SSSR count). The summed E-state index contributed by atoms with van der Waals surface area (Å²) in [6.45, 7) is 24.1. The second-order valence-corrected chi connectivity index (χ2v) is 14.2. The standard InChI is InChI=1S/C10H20N2O.C9H18N2O.C6H14N2O.C5H11NO2.C5H11NO/c1-8(2)11-10(13)9-4-6-12(3)7-5-9;1-7(2)10-9(12)8-5-4-6-11(8)3;1-5(2)7-6(9)8(3)4;1-4(2)6-5(7)8-3;1-4(2)6-5(3)7/h8-9H,4-7H2,1-3H3,(H,11,13);7-8H,4-6H2,1-3H3,(H,10,12);5H,1-4H3,(H,7,9);4H,1-3H3,(H,6,7);4H,1-3H3,(H,6,7)/t;8-;;;/m.1.../s1. The van der Waals surface area contributed by atoms with Gasteiger partial charge in [0.05, 0.1) is 13.2 Å². The van der Waals surface area contributed by atoms with Crippen LogP contribution in [0.15, 0.2) is 0 Å². The molecule has 5 N–H and O–H groups in total. The summed E-state index contributed by atoms with van der Waals surface area (Å²) in [7, 11) is 8.90. The van der Waals surface area contributed by atoms with Gasteiger partial charge in [-0.3, -0.25) is 19.3 Å². The zero-order valence-corrected chi connectivity index (χ0v) is 33.8. The average Bonchev–Trinajstić information content (AvgIpc) is 3.38. The van der Waals surface area contributed by atoms with Crippen LogP contribution < -0.4 is 26.6 Å². The van der Waals surface area contributed by atoms with Crippen LogP contribution in [0.2, 0.25) is 0 Å². The molecule has 49 heavy (non-hydrogen) atoms. The molecule has 0 saturated carbocycles. The zero-order chi connectivity index (χ0) is 38.9. The number of urea groups is 1. The monoisotopic (exact) mass is 703 g/mol. The predicted octanol–water partition coefficient (Wildman–Crippen LogP) is 3.41. The van der Waals surface area contributed by atoms with Gasteiger partial charge in [-0.15, -0.1) is 0 Å². The van der Waals surface area contributed by atoms with E-state index in [0.29, 0.717) is 0 Å². The normalized spacial score (nSPS) is 16.1. The fraction of sp³-hybridized carbons (Fsp3) is 0.857. The Morgan fingerprint density at radius 2 is 1.06 bits per heavy atom. The molecule has 2 saturated heterocycles. The third-order valence-electron chi connectivity index (χ3n) is 6.68. The van der Waals surface area contributed by atoms with Crippen LogP contribution in [0.1, 0.15) is 102 Å². The molecule has 6 amide bonds. The first-order valence-electron chi connectivity index (χ1n) is 17.6. The van der Waals surface area contributed by atoms with Gasteiger partial charge in [-0.2, -0.15) is 0 Å². The number of carbonyl (C=O) groups is 5. The molecule has 0 unspecified atom stereocenters. The molecule has 0 radical (unpaired) electrons. The van der Waals surface area contributed by atoms with Crippen LogP contribution in [-0.2, 0) is 19.1 Å². The number of hydrogen-bond donors (Lipinski definition) is 5. The molecule has 290 valence electrons. The molecule has 2 aliphatic rings. The second kappa shape index (κ2) is 28.7. The smallest absolute Gasteiger partial charge is 0.407 e. The van der Waals surface area contributed by atoms with Gasteiger partial charge in [-0.1, -0.05) is 0 Å². The Kier molecular flexibility index (Phi) is 29.4. The van der Waals surface area contributed by atoms with Crippen molar-refractivity contribution in [3.05, 3.63) is 0 Å². The topological polar surface area (TPSA) is 164 Å². The van der Waals surface area contributed by atoms with Gasteiger partial charge in [0.2, 0.25) is 17.7 Å². The summed E-state index contributed by atoms with van der Waals surface area (Å²) < 4.78 is 4.31. The maximum Gasteiger partial charge on any atom is 0.407 e. The van der Waals surface area contributed by atoms with Crippen molar-refractivity contribution in [1.82, 2.24) is 41.3 Å². The minimum absolute atomic E-state index is 0.0370. The molecule has 0 aromatic carbocycles. The summed E-state index contributed by atoms with van der Waals surface area (Å²) in [5.41, 5.74) is 0. The van der Waals surface area contributed by atoms with E-state index in [-0.39, 0.29) is 72.0 Å². The number of amides is 6. The summed E-state index contributed by atoms with van der Waals surface area (Å²) in [5, 5.41) is 13.8. The number of carbonyl (C=O) groups excluding carboxylic acids is 5. The van der Waals surface area contributed by atoms with Gasteiger partial charge in [0, 0.05) is 57.1 Å². The molecular weight excluding hydrogens is 628 g/mol. The first-order chi connectivity index (χ1) is 22.5. The third kappa shape index (κ3) is 31.9. The molecule has 1 atom stereocenters. The van der Waals surface area contributed by atoms with Crippen LogP contribution in [0.4, 0.5) is 9.59 Å². The Labute approximate surface area is 298 Å². The number of likely N-dealkylation sites (N-methyl/N-ethyl adjacent to an activating group) is 1. The molecule has 0 aromatic heterocycles. The van der Waals surface area contributed by atoms with Gasteiger partial charge in [-0.25, -0.2) is 9.59 Å². The molecule has 2 fully saturated rings. The van der Waals surface area contributed by atoms with Crippen molar-refractivity contribution in [3.8, 4) is 0 Å². The molecule has 0 bridgehead atoms. The van der Waals surface area contributed by atoms with Gasteiger partial charge in [0.25, 0.3) is 0 Å². The van der Waals surface area contributed by atoms with E-state index in [2.05, 4.69) is 48.2 Å². The van der Waals surface area contributed by atoms with E-state index in [1.165, 1.54) is 18.9 Å². The third-order valence-corrected chi connectivity index (χ3v) is 6.68. The molecule has 0 aromatic rings. The van der Waals surface area contributed by atoms with E-state index < -0.39 is 0 Å². The van der Waals surface area contributed by atoms with Crippen molar-refractivity contribution in [2.75, 3.05) is 54.9 Å². The highest BCUT2D eigenvalue weighted by atomic mass is 16.5. The molecule has 0 spiro atoms. The van der Waals surface area contributed by atoms with Crippen LogP contribution in [0.3, 0.4) is 0 Å². The van der Waals surface area contributed by atoms with E-state index in [0.717, 1.165) is 45.3 Å². The summed E-state index contributed by atoms with van der Waals surface area (Å²) in [6.07, 6.45) is 3.80. The number of methoxy groups -OCH3 is 1. The lowest BCUT2D eigenvalue weighted by Crippen LogP contribution is -2.43. The van der Waals surface area contributed by atoms with Crippen LogP contribution >= 0.6 is 0 Å². The van der Waals surface area contributed by atoms with Crippen molar-refractivity contribution < 1.29 is 28.7 Å². The number of rotatable bonds is 7. The largest absolute Gasteiger partial charge is 0.453 e. The van der Waals surface area contributed by atoms with E-state index in [1.807, 2.05) is 76.3 Å². The van der Waals surface area contributed by atoms with Crippen LogP contribution in [0, 0.1) is 5.92 Å². The Morgan fingerprint density at radius 1 is 0.633 bits per heavy atom. The van der Waals surface area contributed by atoms with Gasteiger partial charge in [0.1, 0.15) is 0 Å². The number of nitrogens with one attached hydrogen (secondary N) is 5. The number of piperidine rings is 1. The van der Waals surface area contributed by atoms with Crippen LogP contribution in [0.5, 0.6) is 0 Å². The highest BCUT2D eigenvalue weighted by Crippen LogP contribution is 2.16. The minimum Gasteiger partial charge on any atom is -0.453 e. The Hall–Kier alpha value is -3.13. The summed E-state index contributed by atoms with van der Waals surface area (Å²) >= 11 is 0. The number of hydrogen-bond acceptors (Lipinski definition) is 8. The Bertz CT molecular complexity index is 920. The van der Waals surface area contributed by atoms with E-state index in [9.17, 15) is 24.0 Å². The van der Waals surface area contributed by atoms with Crippen LogP contribution in [0.25, 0.3) is 0 Å². The SMILES string of the molecule is CC(=O)NC(C)C.CC(C)NC(=O)C1CCN(C)CC1.CC(C)NC(=O)N(C)C.CC(C)NC(=O)[C@H]1CCCN1C.COC(=O)NC(C)C. The van der Waals surface area contributed by atoms with Gasteiger partial charge < -0.3 is 41.1 Å². The van der Waals surface area contributed by atoms with Crippen LogP contribution in [-0.4, -0.2) is 136 Å². The number of ether oxygens (including phenoxy) is 1. The maximum absolute atomic E-state index is 11.6. The summed E-state index contributed by atoms with van der Waals surface area (Å²) in [6, 6.07) is 1.26. The first kappa shape index (κ1) is 50.2. The van der Waals surface area contributed by atoms with E-state index in [4.69, 9.17) is 0 Å². The lowest BCUT2D eigenvalue weighted by molar-refractivity contribution is -0.127. The molecule has 2 aliphatic heterocycles. The van der Waals surface area contributed by atoms with Crippen molar-refractivity contribution in [2.45, 2.75) is 138 Å². The number of nitrogens with zero attached hydrogens (tertiary/aromatic N) is 3. The minimum atomic E-state index is -0.375. The number of alkyl carbamates (subject to hydrolysis) is 1. The summed E-state index contributed by atoms with van der Waals surface area (Å²) in [5.74, 6) is 0.710. The summed E-state index contributed by atoms with van der Waals surface area (Å²) in [4.78, 5) is 60.2. The maximum atomic E-state index is 11.6. The molecule has 2 heterocycles. The Morgan fingerprint density at radius 3 is 1.33 bits per heavy atom. The first-order valence-corrected chi connectivity index (χ1v) is 17.6. The fourth-order valence-electron chi connectivity index (χ4n) is 4.37. The molecule has 14 nitrogen and oxygen atoms in total. The van der Waals surface area contributed by atoms with Crippen molar-refractivity contribution >= 4 is 29.8 Å².